The SMILES string of the molecule is C[C@@H]([C]=O)Nc1ccc2ccccc2n1. The van der Waals surface area contributed by atoms with Crippen molar-refractivity contribution in [3.63, 3.8) is 0 Å². The molecule has 1 N–H and O–H groups in total. The minimum Gasteiger partial charge on any atom is -0.360 e. The zero-order chi connectivity index (χ0) is 10.7. The van der Waals surface area contributed by atoms with Crippen LogP contribution in [0.1, 0.15) is 6.92 Å². The van der Waals surface area contributed by atoms with Crippen molar-refractivity contribution >= 4 is 23.0 Å². The Morgan fingerprint density at radius 3 is 2.87 bits per heavy atom. The number of nitrogens with one attached hydrogen (secondary N) is 1. The Morgan fingerprint density at radius 2 is 2.07 bits per heavy atom. The van der Waals surface area contributed by atoms with Crippen molar-refractivity contribution < 1.29 is 4.79 Å². The van der Waals surface area contributed by atoms with E-state index >= 15 is 0 Å². The van der Waals surface area contributed by atoms with E-state index in [4.69, 9.17) is 0 Å². The zero-order valence-corrected chi connectivity index (χ0v) is 8.40. The maximum atomic E-state index is 10.4. The molecule has 1 radical (unpaired) electrons. The highest BCUT2D eigenvalue weighted by molar-refractivity contribution is 5.80. The Bertz CT molecular complexity index is 482. The van der Waals surface area contributed by atoms with Gasteiger partial charge in [0.2, 0.25) is 6.29 Å². The van der Waals surface area contributed by atoms with Crippen LogP contribution in [0.15, 0.2) is 36.4 Å². The van der Waals surface area contributed by atoms with Crippen LogP contribution in [0.4, 0.5) is 5.82 Å². The maximum Gasteiger partial charge on any atom is 0.222 e. The summed E-state index contributed by atoms with van der Waals surface area (Å²) in [7, 11) is 0. The summed E-state index contributed by atoms with van der Waals surface area (Å²) >= 11 is 0. The molecule has 0 saturated heterocycles. The second-order valence-corrected chi connectivity index (χ2v) is 3.37. The Labute approximate surface area is 88.1 Å². The first-order chi connectivity index (χ1) is 7.29. The van der Waals surface area contributed by atoms with Crippen molar-refractivity contribution in [1.29, 1.82) is 0 Å². The monoisotopic (exact) mass is 199 g/mol. The molecule has 0 saturated carbocycles. The van der Waals surface area contributed by atoms with E-state index in [-0.39, 0.29) is 6.04 Å². The maximum absolute atomic E-state index is 10.4. The van der Waals surface area contributed by atoms with Crippen molar-refractivity contribution in [2.45, 2.75) is 13.0 Å². The van der Waals surface area contributed by atoms with Crippen LogP contribution in [-0.2, 0) is 4.79 Å². The van der Waals surface area contributed by atoms with E-state index < -0.39 is 0 Å². The van der Waals surface area contributed by atoms with Crippen LogP contribution in [0.5, 0.6) is 0 Å². The molecular formula is C12H11N2O. The number of para-hydroxylation sites is 1. The molecule has 1 atom stereocenters. The van der Waals surface area contributed by atoms with Gasteiger partial charge in [-0.2, -0.15) is 0 Å². The minimum atomic E-state index is -0.335. The molecule has 2 aromatic rings. The molecule has 2 rings (SSSR count). The van der Waals surface area contributed by atoms with Gasteiger partial charge < -0.3 is 5.32 Å². The summed E-state index contributed by atoms with van der Waals surface area (Å²) in [5.74, 6) is 0.699. The molecule has 3 heteroatoms. The molecule has 1 aromatic carbocycles. The lowest BCUT2D eigenvalue weighted by atomic mass is 10.2. The number of rotatable bonds is 3. The van der Waals surface area contributed by atoms with Gasteiger partial charge in [-0.15, -0.1) is 0 Å². The third kappa shape index (κ3) is 2.13. The summed E-state index contributed by atoms with van der Waals surface area (Å²) in [6.45, 7) is 1.74. The predicted octanol–water partition coefficient (Wildman–Crippen LogP) is 2.14. The molecule has 0 aliphatic carbocycles. The Balaban J connectivity index is 2.34. The average molecular weight is 199 g/mol. The quantitative estimate of drug-likeness (QED) is 0.823. The standard InChI is InChI=1S/C12H11N2O/c1-9(8-15)13-12-7-6-10-4-2-3-5-11(10)14-12/h2-7,9H,1H3,(H,13,14)/t9-/m0/s1. The van der Waals surface area contributed by atoms with Crippen molar-refractivity contribution in [2.75, 3.05) is 5.32 Å². The molecule has 0 aliphatic heterocycles. The number of fused-ring (bicyclic) bond motifs is 1. The summed E-state index contributed by atoms with van der Waals surface area (Å²) in [6.07, 6.45) is 1.86. The van der Waals surface area contributed by atoms with Gasteiger partial charge >= 0.3 is 0 Å². The molecule has 0 fully saturated rings. The molecule has 0 aliphatic rings. The van der Waals surface area contributed by atoms with Gasteiger partial charge in [0.25, 0.3) is 0 Å². The van der Waals surface area contributed by atoms with E-state index in [0.717, 1.165) is 10.9 Å². The Morgan fingerprint density at radius 1 is 1.27 bits per heavy atom. The smallest absolute Gasteiger partial charge is 0.222 e. The van der Waals surface area contributed by atoms with Crippen molar-refractivity contribution in [2.24, 2.45) is 0 Å². The third-order valence-corrected chi connectivity index (χ3v) is 2.14. The molecule has 0 amide bonds. The van der Waals surface area contributed by atoms with Crippen LogP contribution in [0.2, 0.25) is 0 Å². The summed E-state index contributed by atoms with van der Waals surface area (Å²) in [5, 5.41) is 4.04. The van der Waals surface area contributed by atoms with Gasteiger partial charge in [-0.05, 0) is 25.1 Å². The van der Waals surface area contributed by atoms with E-state index in [1.807, 2.05) is 42.7 Å². The van der Waals surface area contributed by atoms with E-state index in [2.05, 4.69) is 10.3 Å². The number of carbonyl (C=O) groups excluding carboxylic acids is 1. The summed E-state index contributed by atoms with van der Waals surface area (Å²) in [5.41, 5.74) is 0.917. The number of benzene rings is 1. The van der Waals surface area contributed by atoms with E-state index in [1.54, 1.807) is 6.92 Å². The first-order valence-electron chi connectivity index (χ1n) is 4.79. The molecule has 15 heavy (non-hydrogen) atoms. The van der Waals surface area contributed by atoms with Crippen LogP contribution < -0.4 is 5.32 Å². The highest BCUT2D eigenvalue weighted by Crippen LogP contribution is 2.14. The predicted molar refractivity (Wildman–Crippen MR) is 60.5 cm³/mol. The van der Waals surface area contributed by atoms with Crippen LogP contribution in [0.25, 0.3) is 10.9 Å². The highest BCUT2D eigenvalue weighted by atomic mass is 16.1. The Hall–Kier alpha value is -1.90. The Kier molecular flexibility index (Phi) is 2.63. The zero-order valence-electron chi connectivity index (χ0n) is 8.40. The average Bonchev–Trinajstić information content (AvgIpc) is 2.29. The van der Waals surface area contributed by atoms with Gasteiger partial charge in [-0.1, -0.05) is 18.2 Å². The fourth-order valence-electron chi connectivity index (χ4n) is 1.40. The molecule has 75 valence electrons. The van der Waals surface area contributed by atoms with Crippen LogP contribution in [0, 0.1) is 0 Å². The van der Waals surface area contributed by atoms with Crippen LogP contribution in [-0.4, -0.2) is 17.3 Å². The van der Waals surface area contributed by atoms with Crippen molar-refractivity contribution in [3.8, 4) is 0 Å². The van der Waals surface area contributed by atoms with E-state index in [9.17, 15) is 4.79 Å². The van der Waals surface area contributed by atoms with Crippen LogP contribution in [0.3, 0.4) is 0 Å². The lowest BCUT2D eigenvalue weighted by molar-refractivity contribution is 0.548. The van der Waals surface area contributed by atoms with E-state index in [0.29, 0.717) is 5.82 Å². The molecule has 0 spiro atoms. The molecule has 0 bridgehead atoms. The van der Waals surface area contributed by atoms with Gasteiger partial charge in [-0.3, -0.25) is 4.79 Å². The van der Waals surface area contributed by atoms with Crippen LogP contribution >= 0.6 is 0 Å². The number of hydrogen-bond acceptors (Lipinski definition) is 3. The van der Waals surface area contributed by atoms with Gasteiger partial charge in [0.15, 0.2) is 0 Å². The van der Waals surface area contributed by atoms with Crippen molar-refractivity contribution in [1.82, 2.24) is 4.98 Å². The molecule has 0 unspecified atom stereocenters. The number of nitrogens with zero attached hydrogens (tertiary/aromatic N) is 1. The fourth-order valence-corrected chi connectivity index (χ4v) is 1.40. The van der Waals surface area contributed by atoms with E-state index in [1.165, 1.54) is 0 Å². The number of pyridine rings is 1. The largest absolute Gasteiger partial charge is 0.360 e. The van der Waals surface area contributed by atoms with Gasteiger partial charge in [0.05, 0.1) is 11.6 Å². The van der Waals surface area contributed by atoms with Gasteiger partial charge in [0.1, 0.15) is 5.82 Å². The summed E-state index contributed by atoms with van der Waals surface area (Å²) < 4.78 is 0. The normalized spacial score (nSPS) is 12.3. The number of hydrogen-bond donors (Lipinski definition) is 1. The first-order valence-corrected chi connectivity index (χ1v) is 4.79. The summed E-state index contributed by atoms with van der Waals surface area (Å²) in [4.78, 5) is 14.7. The lowest BCUT2D eigenvalue weighted by Crippen LogP contribution is -2.16. The molecule has 1 heterocycles. The summed E-state index contributed by atoms with van der Waals surface area (Å²) in [6, 6.07) is 11.3. The van der Waals surface area contributed by atoms with Gasteiger partial charge in [0, 0.05) is 5.39 Å². The topological polar surface area (TPSA) is 42.0 Å². The lowest BCUT2D eigenvalue weighted by Gasteiger charge is -2.07. The molecular weight excluding hydrogens is 188 g/mol. The third-order valence-electron chi connectivity index (χ3n) is 2.14. The second-order valence-electron chi connectivity index (χ2n) is 3.37. The fraction of sp³-hybridized carbons (Fsp3) is 0.167. The first kappa shape index (κ1) is 9.65. The van der Waals surface area contributed by atoms with Gasteiger partial charge in [-0.25, -0.2) is 4.98 Å². The minimum absolute atomic E-state index is 0.335. The second kappa shape index (κ2) is 4.09. The molecule has 1 aromatic heterocycles. The molecule has 3 nitrogen and oxygen atoms in total. The number of aromatic nitrogens is 1. The highest BCUT2D eigenvalue weighted by Gasteiger charge is 2.02. The number of anilines is 1. The van der Waals surface area contributed by atoms with Crippen molar-refractivity contribution in [3.05, 3.63) is 36.4 Å².